The van der Waals surface area contributed by atoms with E-state index in [1.165, 1.54) is 16.8 Å². The second-order valence-corrected chi connectivity index (χ2v) is 9.10. The number of nitrogens with zero attached hydrogens (tertiary/aromatic N) is 3. The topological polar surface area (TPSA) is 111 Å². The fourth-order valence-corrected chi connectivity index (χ4v) is 4.76. The van der Waals surface area contributed by atoms with Gasteiger partial charge in [0.05, 0.1) is 11.9 Å². The maximum atomic E-state index is 13.4. The molecule has 1 fully saturated rings. The average molecular weight is 478 g/mol. The molecule has 5 rings (SSSR count). The third-order valence-corrected chi connectivity index (χ3v) is 6.60. The van der Waals surface area contributed by atoms with Gasteiger partial charge in [-0.15, -0.1) is 0 Å². The summed E-state index contributed by atoms with van der Waals surface area (Å²) in [5, 5.41) is 10.0. The number of nitrogens with one attached hydrogen (secondary N) is 2. The van der Waals surface area contributed by atoms with Crippen molar-refractivity contribution in [2.75, 3.05) is 0 Å². The highest BCUT2D eigenvalue weighted by Crippen LogP contribution is 2.27. The predicted octanol–water partition coefficient (Wildman–Crippen LogP) is 3.54. The predicted molar refractivity (Wildman–Crippen MR) is 125 cm³/mol. The summed E-state index contributed by atoms with van der Waals surface area (Å²) in [6.45, 7) is 0. The molecule has 3 amide bonds. The fourth-order valence-electron chi connectivity index (χ4n) is 3.42. The molecule has 1 aliphatic heterocycles. The lowest BCUT2D eigenvalue weighted by molar-refractivity contribution is -0.115. The van der Waals surface area contributed by atoms with E-state index in [1.54, 1.807) is 18.2 Å². The summed E-state index contributed by atoms with van der Waals surface area (Å²) >= 11 is 4.60. The highest BCUT2D eigenvalue weighted by Gasteiger charge is 2.25. The first kappa shape index (κ1) is 21.2. The van der Waals surface area contributed by atoms with Gasteiger partial charge in [-0.3, -0.25) is 10.1 Å². The van der Waals surface area contributed by atoms with Gasteiger partial charge in [0, 0.05) is 39.0 Å². The van der Waals surface area contributed by atoms with Gasteiger partial charge in [-0.05, 0) is 18.2 Å². The molecule has 3 heterocycles. The van der Waals surface area contributed by atoms with E-state index in [-0.39, 0.29) is 5.70 Å². The van der Waals surface area contributed by atoms with Crippen molar-refractivity contribution >= 4 is 46.4 Å². The van der Waals surface area contributed by atoms with E-state index < -0.39 is 23.1 Å². The molecule has 1 saturated heterocycles. The Hall–Kier alpha value is -3.66. The van der Waals surface area contributed by atoms with Crippen LogP contribution in [0.1, 0.15) is 11.1 Å². The summed E-state index contributed by atoms with van der Waals surface area (Å²) in [6.07, 6.45) is 3.01. The summed E-state index contributed by atoms with van der Waals surface area (Å²) in [6, 6.07) is 17.8. The zero-order chi connectivity index (χ0) is 22.9. The number of rotatable bonds is 5. The van der Waals surface area contributed by atoms with E-state index in [2.05, 4.69) is 15.7 Å². The fraction of sp³-hybridized carbons (Fsp3) is 0.0435. The maximum absolute atomic E-state index is 13.4. The molecule has 2 N–H and O–H groups in total. The monoisotopic (exact) mass is 477 g/mol. The van der Waals surface area contributed by atoms with Crippen LogP contribution in [0.4, 0.5) is 4.79 Å². The lowest BCUT2D eigenvalue weighted by atomic mass is 10.1. The molecule has 1 aliphatic rings. The Bertz CT molecular complexity index is 1400. The number of benzene rings is 2. The van der Waals surface area contributed by atoms with Crippen molar-refractivity contribution in [2.45, 2.75) is 10.8 Å². The lowest BCUT2D eigenvalue weighted by Gasteiger charge is -2.13. The lowest BCUT2D eigenvalue weighted by Crippen LogP contribution is -2.22. The molecule has 4 aromatic rings. The number of hydrogen-bond donors (Lipinski definition) is 2. The van der Waals surface area contributed by atoms with Crippen LogP contribution in [0.3, 0.4) is 0 Å². The zero-order valence-corrected chi connectivity index (χ0v) is 18.6. The van der Waals surface area contributed by atoms with E-state index in [9.17, 15) is 14.1 Å². The number of amides is 3. The van der Waals surface area contributed by atoms with Crippen molar-refractivity contribution in [2.24, 2.45) is 0 Å². The van der Waals surface area contributed by atoms with Gasteiger partial charge >= 0.3 is 6.03 Å². The Morgan fingerprint density at radius 1 is 1.06 bits per heavy atom. The van der Waals surface area contributed by atoms with Crippen LogP contribution in [0, 0.1) is 0 Å². The first-order chi connectivity index (χ1) is 16.0. The van der Waals surface area contributed by atoms with E-state index in [0.29, 0.717) is 32.7 Å². The highest BCUT2D eigenvalue weighted by molar-refractivity contribution is 7.90. The Balaban J connectivity index is 1.64. The Labute approximate surface area is 196 Å². The average Bonchev–Trinajstić information content (AvgIpc) is 3.36. The molecule has 33 heavy (non-hydrogen) atoms. The maximum Gasteiger partial charge on any atom is 0.326 e. The minimum Gasteiger partial charge on any atom is -0.610 e. The number of carbonyl (C=O) groups excluding carboxylic acids is 2. The van der Waals surface area contributed by atoms with Crippen molar-refractivity contribution in [1.82, 2.24) is 25.2 Å². The molecule has 0 aliphatic carbocycles. The first-order valence-corrected chi connectivity index (χ1v) is 11.6. The number of carbonyl (C=O) groups is 2. The van der Waals surface area contributed by atoms with Crippen molar-refractivity contribution in [1.29, 1.82) is 0 Å². The highest BCUT2D eigenvalue weighted by atomic mass is 35.5. The van der Waals surface area contributed by atoms with Crippen molar-refractivity contribution in [3.05, 3.63) is 88.7 Å². The van der Waals surface area contributed by atoms with E-state index in [0.717, 1.165) is 11.1 Å². The van der Waals surface area contributed by atoms with Crippen molar-refractivity contribution in [3.8, 4) is 11.3 Å². The van der Waals surface area contributed by atoms with Crippen LogP contribution in [0.2, 0.25) is 5.02 Å². The third-order valence-electron chi connectivity index (χ3n) is 5.00. The number of hydrogen-bond acceptors (Lipinski definition) is 5. The van der Waals surface area contributed by atoms with Gasteiger partial charge in [0.15, 0.2) is 5.65 Å². The molecule has 1 unspecified atom stereocenters. The van der Waals surface area contributed by atoms with Gasteiger partial charge in [0.2, 0.25) is 5.03 Å². The third kappa shape index (κ3) is 4.34. The minimum absolute atomic E-state index is 0.0838. The number of imide groups is 1. The molecule has 2 aromatic heterocycles. The molecular formula is C23H16ClN5O3S. The molecule has 0 spiro atoms. The molecule has 0 saturated carbocycles. The van der Waals surface area contributed by atoms with E-state index >= 15 is 0 Å². The van der Waals surface area contributed by atoms with Crippen LogP contribution < -0.4 is 10.6 Å². The van der Waals surface area contributed by atoms with Crippen LogP contribution in [-0.4, -0.2) is 31.1 Å². The Kier molecular flexibility index (Phi) is 5.59. The van der Waals surface area contributed by atoms with E-state index in [1.807, 2.05) is 42.5 Å². The second kappa shape index (κ2) is 8.70. The summed E-state index contributed by atoms with van der Waals surface area (Å²) in [7, 11) is 0. The molecule has 8 nitrogen and oxygen atoms in total. The van der Waals surface area contributed by atoms with Crippen LogP contribution in [0.5, 0.6) is 0 Å². The second-order valence-electron chi connectivity index (χ2n) is 7.26. The van der Waals surface area contributed by atoms with E-state index in [4.69, 9.17) is 16.6 Å². The van der Waals surface area contributed by atoms with Gasteiger partial charge < -0.3 is 9.87 Å². The summed E-state index contributed by atoms with van der Waals surface area (Å²) < 4.78 is 14.9. The van der Waals surface area contributed by atoms with Crippen molar-refractivity contribution < 1.29 is 14.1 Å². The molecule has 164 valence electrons. The number of urea groups is 1. The Morgan fingerprint density at radius 3 is 2.52 bits per heavy atom. The summed E-state index contributed by atoms with van der Waals surface area (Å²) in [5.41, 5.74) is 3.27. The van der Waals surface area contributed by atoms with Crippen LogP contribution >= 0.6 is 11.6 Å². The molecule has 10 heteroatoms. The largest absolute Gasteiger partial charge is 0.610 e. The SMILES string of the molecule is O=C1NC(=O)/C(=C/c2cnn3c([S+]([O-])Cc4ccccc4)cc(-c4ccc(Cl)cc4)nc23)N1. The number of aromatic nitrogens is 3. The standard InChI is InChI=1S/C23H16ClN5O3S/c24-17-8-6-15(7-9-17)18-11-20(33(32)13-14-4-2-1-3-5-14)29-21(26-18)16(12-25-29)10-19-22(30)28-23(31)27-19/h1-12H,13H2,(H2,27,28,30,31)/b19-10-. The smallest absolute Gasteiger partial charge is 0.326 e. The summed E-state index contributed by atoms with van der Waals surface area (Å²) in [5.74, 6) is -0.240. The summed E-state index contributed by atoms with van der Waals surface area (Å²) in [4.78, 5) is 28.1. The quantitative estimate of drug-likeness (QED) is 0.198. The van der Waals surface area contributed by atoms with Crippen LogP contribution in [0.25, 0.3) is 23.0 Å². The first-order valence-electron chi connectivity index (χ1n) is 9.89. The number of fused-ring (bicyclic) bond motifs is 1. The van der Waals surface area contributed by atoms with Gasteiger partial charge in [0.25, 0.3) is 5.91 Å². The van der Waals surface area contributed by atoms with Gasteiger partial charge in [0.1, 0.15) is 11.4 Å². The van der Waals surface area contributed by atoms with Gasteiger partial charge in [-0.1, -0.05) is 54.1 Å². The molecule has 0 bridgehead atoms. The molecule has 2 aromatic carbocycles. The molecule has 0 radical (unpaired) electrons. The van der Waals surface area contributed by atoms with Gasteiger partial charge in [-0.2, -0.15) is 9.61 Å². The molecular weight excluding hydrogens is 462 g/mol. The normalized spacial score (nSPS) is 15.6. The zero-order valence-electron chi connectivity index (χ0n) is 17.0. The van der Waals surface area contributed by atoms with Crippen LogP contribution in [-0.2, 0) is 21.7 Å². The Morgan fingerprint density at radius 2 is 1.82 bits per heavy atom. The van der Waals surface area contributed by atoms with Gasteiger partial charge in [-0.25, -0.2) is 9.78 Å². The molecule has 1 atom stereocenters. The van der Waals surface area contributed by atoms with Crippen molar-refractivity contribution in [3.63, 3.8) is 0 Å². The minimum atomic E-state index is -1.44. The van der Waals surface area contributed by atoms with Crippen LogP contribution in [0.15, 0.2) is 77.6 Å². The number of halogens is 1.